The first kappa shape index (κ1) is 29.8. The number of aryl methyl sites for hydroxylation is 1. The van der Waals surface area contributed by atoms with Gasteiger partial charge in [-0.25, -0.2) is 0 Å². The Morgan fingerprint density at radius 2 is 1.82 bits per heavy atom. The summed E-state index contributed by atoms with van der Waals surface area (Å²) in [4.78, 5) is 36.5. The van der Waals surface area contributed by atoms with Gasteiger partial charge in [-0.05, 0) is 70.0 Å². The predicted octanol–water partition coefficient (Wildman–Crippen LogP) is 3.77. The number of nitriles is 1. The lowest BCUT2D eigenvalue weighted by Gasteiger charge is -2.44. The normalized spacial score (nSPS) is 23.9. The molecule has 4 rings (SSSR count). The van der Waals surface area contributed by atoms with E-state index in [1.54, 1.807) is 6.07 Å². The third-order valence-corrected chi connectivity index (χ3v) is 8.84. The van der Waals surface area contributed by atoms with E-state index in [2.05, 4.69) is 86.2 Å². The van der Waals surface area contributed by atoms with Gasteiger partial charge in [0, 0.05) is 75.7 Å². The van der Waals surface area contributed by atoms with E-state index < -0.39 is 0 Å². The number of carbonyl (C=O) groups is 2. The van der Waals surface area contributed by atoms with Gasteiger partial charge in [-0.15, -0.1) is 0 Å². The number of amides is 2. The Bertz CT molecular complexity index is 1250. The number of rotatable bonds is 8. The molecule has 1 aromatic heterocycles. The van der Waals surface area contributed by atoms with E-state index in [-0.39, 0.29) is 35.9 Å². The Balaban J connectivity index is 1.65. The van der Waals surface area contributed by atoms with Gasteiger partial charge in [0.15, 0.2) is 0 Å². The van der Waals surface area contributed by atoms with Gasteiger partial charge in [0.2, 0.25) is 11.8 Å². The minimum Gasteiger partial charge on any atom is -0.351 e. The first-order valence-electron chi connectivity index (χ1n) is 14.6. The van der Waals surface area contributed by atoms with Crippen LogP contribution < -0.4 is 0 Å². The Hall–Kier alpha value is -3.15. The lowest BCUT2D eigenvalue weighted by atomic mass is 10.0. The smallest absolute Gasteiger partial charge is 0.240 e. The quantitative estimate of drug-likeness (QED) is 0.504. The monoisotopic (exact) mass is 546 g/mol. The highest BCUT2D eigenvalue weighted by Gasteiger charge is 2.44. The zero-order chi connectivity index (χ0) is 29.1. The number of aromatic nitrogens is 1. The third-order valence-electron chi connectivity index (χ3n) is 8.84. The maximum absolute atomic E-state index is 14.2. The van der Waals surface area contributed by atoms with Crippen molar-refractivity contribution in [2.45, 2.75) is 84.7 Å². The van der Waals surface area contributed by atoms with E-state index in [9.17, 15) is 14.9 Å². The summed E-state index contributed by atoms with van der Waals surface area (Å²) in [5, 5.41) is 9.43. The third kappa shape index (κ3) is 6.59. The molecule has 0 aliphatic carbocycles. The Labute approximate surface area is 240 Å². The molecule has 8 nitrogen and oxygen atoms in total. The van der Waals surface area contributed by atoms with E-state index in [0.29, 0.717) is 50.6 Å². The van der Waals surface area contributed by atoms with Crippen LogP contribution >= 0.6 is 0 Å². The summed E-state index contributed by atoms with van der Waals surface area (Å²) in [6, 6.07) is 14.0. The molecule has 4 atom stereocenters. The fourth-order valence-electron chi connectivity index (χ4n) is 6.19. The number of likely N-dealkylation sites (N-methyl/N-ethyl adjacent to an activating group) is 1. The van der Waals surface area contributed by atoms with Crippen LogP contribution in [0.15, 0.2) is 36.4 Å². The highest BCUT2D eigenvalue weighted by molar-refractivity contribution is 5.83. The van der Waals surface area contributed by atoms with Crippen LogP contribution in [0.1, 0.15) is 63.1 Å². The van der Waals surface area contributed by atoms with Crippen molar-refractivity contribution in [1.29, 1.82) is 5.26 Å². The molecule has 2 fully saturated rings. The highest BCUT2D eigenvalue weighted by atomic mass is 16.2. The largest absolute Gasteiger partial charge is 0.351 e. The molecule has 2 aliphatic rings. The summed E-state index contributed by atoms with van der Waals surface area (Å²) in [7, 11) is 4.19. The van der Waals surface area contributed by atoms with E-state index in [1.165, 1.54) is 5.69 Å². The molecule has 0 saturated carbocycles. The molecule has 1 aromatic carbocycles. The molecular weight excluding hydrogens is 500 g/mol. The fourth-order valence-corrected chi connectivity index (χ4v) is 6.19. The first-order valence-corrected chi connectivity index (χ1v) is 14.6. The van der Waals surface area contributed by atoms with Crippen molar-refractivity contribution < 1.29 is 9.59 Å². The average Bonchev–Trinajstić information content (AvgIpc) is 3.47. The van der Waals surface area contributed by atoms with Crippen LogP contribution in [-0.2, 0) is 29.7 Å². The molecular formula is C32H46N6O2. The summed E-state index contributed by atoms with van der Waals surface area (Å²) in [6.45, 7) is 13.8. The number of benzene rings is 1. The Morgan fingerprint density at radius 3 is 2.48 bits per heavy atom. The van der Waals surface area contributed by atoms with Gasteiger partial charge in [-0.3, -0.25) is 19.4 Å². The molecule has 8 heteroatoms. The van der Waals surface area contributed by atoms with E-state index in [0.717, 1.165) is 17.8 Å². The van der Waals surface area contributed by atoms with Crippen molar-refractivity contribution in [1.82, 2.24) is 24.2 Å². The van der Waals surface area contributed by atoms with E-state index >= 15 is 0 Å². The molecule has 3 heterocycles. The van der Waals surface area contributed by atoms with Crippen LogP contribution in [0.5, 0.6) is 0 Å². The van der Waals surface area contributed by atoms with Gasteiger partial charge < -0.3 is 14.4 Å². The van der Waals surface area contributed by atoms with E-state index in [1.807, 2.05) is 23.1 Å². The minimum atomic E-state index is -0.293. The summed E-state index contributed by atoms with van der Waals surface area (Å²) in [5.74, 6) is 0.504. The van der Waals surface area contributed by atoms with Gasteiger partial charge in [-0.2, -0.15) is 5.26 Å². The van der Waals surface area contributed by atoms with Gasteiger partial charge >= 0.3 is 0 Å². The van der Waals surface area contributed by atoms with E-state index in [4.69, 9.17) is 0 Å². The highest BCUT2D eigenvalue weighted by Crippen LogP contribution is 2.30. The molecule has 0 bridgehead atoms. The lowest BCUT2D eigenvalue weighted by molar-refractivity contribution is -0.142. The molecule has 0 N–H and O–H groups in total. The summed E-state index contributed by atoms with van der Waals surface area (Å²) in [6.07, 6.45) is 1.06. The van der Waals surface area contributed by atoms with Gasteiger partial charge in [-0.1, -0.05) is 26.0 Å². The molecule has 0 radical (unpaired) electrons. The minimum absolute atomic E-state index is 0.0903. The van der Waals surface area contributed by atoms with Crippen LogP contribution in [0, 0.1) is 24.2 Å². The zero-order valence-corrected chi connectivity index (χ0v) is 25.3. The summed E-state index contributed by atoms with van der Waals surface area (Å²) >= 11 is 0. The van der Waals surface area contributed by atoms with Gasteiger partial charge in [0.1, 0.15) is 0 Å². The summed E-state index contributed by atoms with van der Waals surface area (Å²) < 4.78 is 2.19. The standard InChI is InChI=1S/C32H46N6O2/c1-22(2)13-31(39)38(19-27-10-8-9-26(14-27)16-33)29-15-30(32(40)37-18-24(4)34(6)17-25(37)5)36(21-29)20-28-12-11-23(3)35(28)7/h8-12,14,22,24-25,29-30H,13,15,17-21H2,1-7H3. The molecule has 0 spiro atoms. The van der Waals surface area contributed by atoms with Crippen molar-refractivity contribution in [2.75, 3.05) is 26.7 Å². The van der Waals surface area contributed by atoms with Crippen LogP contribution in [-0.4, -0.2) is 86.8 Å². The number of piperazine rings is 1. The van der Waals surface area contributed by atoms with Gasteiger partial charge in [0.05, 0.1) is 17.7 Å². The van der Waals surface area contributed by atoms with Crippen molar-refractivity contribution in [3.63, 3.8) is 0 Å². The second kappa shape index (κ2) is 12.6. The molecule has 2 saturated heterocycles. The number of hydrogen-bond acceptors (Lipinski definition) is 5. The molecule has 2 amide bonds. The van der Waals surface area contributed by atoms with Crippen LogP contribution in [0.25, 0.3) is 0 Å². The van der Waals surface area contributed by atoms with Gasteiger partial charge in [0.25, 0.3) is 0 Å². The first-order chi connectivity index (χ1) is 19.0. The van der Waals surface area contributed by atoms with Crippen molar-refractivity contribution in [3.8, 4) is 6.07 Å². The molecule has 216 valence electrons. The second-order valence-corrected chi connectivity index (χ2v) is 12.4. The Kier molecular flexibility index (Phi) is 9.37. The second-order valence-electron chi connectivity index (χ2n) is 12.4. The number of likely N-dealkylation sites (tertiary alicyclic amines) is 1. The number of hydrogen-bond donors (Lipinski definition) is 0. The molecule has 4 unspecified atom stereocenters. The average molecular weight is 547 g/mol. The van der Waals surface area contributed by atoms with Crippen molar-refractivity contribution in [2.24, 2.45) is 13.0 Å². The SMILES string of the molecule is Cc1ccc(CN2CC(N(Cc3cccc(C#N)c3)C(=O)CC(C)C)CC2C(=O)N2CC(C)N(C)CC2C)n1C. The number of nitrogens with zero attached hydrogens (tertiary/aromatic N) is 6. The maximum atomic E-state index is 14.2. The van der Waals surface area contributed by atoms with Crippen molar-refractivity contribution in [3.05, 3.63) is 58.9 Å². The number of carbonyl (C=O) groups excluding carboxylic acids is 2. The lowest BCUT2D eigenvalue weighted by Crippen LogP contribution is -2.59. The van der Waals surface area contributed by atoms with Crippen LogP contribution in [0.4, 0.5) is 0 Å². The summed E-state index contributed by atoms with van der Waals surface area (Å²) in [5.41, 5.74) is 3.88. The molecule has 2 aromatic rings. The maximum Gasteiger partial charge on any atom is 0.240 e. The van der Waals surface area contributed by atoms with Crippen LogP contribution in [0.2, 0.25) is 0 Å². The Morgan fingerprint density at radius 1 is 1.07 bits per heavy atom. The predicted molar refractivity (Wildman–Crippen MR) is 157 cm³/mol. The fraction of sp³-hybridized carbons (Fsp3) is 0.594. The van der Waals surface area contributed by atoms with Crippen LogP contribution in [0.3, 0.4) is 0 Å². The molecule has 40 heavy (non-hydrogen) atoms. The molecule has 2 aliphatic heterocycles. The zero-order valence-electron chi connectivity index (χ0n) is 25.3. The van der Waals surface area contributed by atoms with Crippen molar-refractivity contribution >= 4 is 11.8 Å². The topological polar surface area (TPSA) is 75.8 Å².